The lowest BCUT2D eigenvalue weighted by Crippen LogP contribution is -1.85. The van der Waals surface area contributed by atoms with Crippen LogP contribution < -0.4 is 0 Å². The van der Waals surface area contributed by atoms with Gasteiger partial charge in [-0.2, -0.15) is 0 Å². The van der Waals surface area contributed by atoms with Gasteiger partial charge >= 0.3 is 0 Å². The van der Waals surface area contributed by atoms with Crippen molar-refractivity contribution in [3.8, 4) is 0 Å². The van der Waals surface area contributed by atoms with Gasteiger partial charge in [0.1, 0.15) is 5.76 Å². The largest absolute Gasteiger partial charge is 0.504 e. The molecule has 0 spiro atoms. The molecule has 0 saturated carbocycles. The van der Waals surface area contributed by atoms with E-state index in [1.807, 2.05) is 19.9 Å². The average molecular weight is 168 g/mol. The maximum absolute atomic E-state index is 4.91. The Labute approximate surface area is 74.2 Å². The van der Waals surface area contributed by atoms with Crippen molar-refractivity contribution in [1.29, 1.82) is 0 Å². The fourth-order valence-electron chi connectivity index (χ4n) is 0.684. The van der Waals surface area contributed by atoms with Crippen LogP contribution in [0, 0.1) is 0 Å². The van der Waals surface area contributed by atoms with Crippen LogP contribution in [-0.4, -0.2) is 14.2 Å². The monoisotopic (exact) mass is 168 g/mol. The molecule has 0 aromatic heterocycles. The fourth-order valence-corrected chi connectivity index (χ4v) is 0.684. The van der Waals surface area contributed by atoms with Crippen molar-refractivity contribution >= 4 is 0 Å². The van der Waals surface area contributed by atoms with E-state index >= 15 is 0 Å². The first-order valence-electron chi connectivity index (χ1n) is 3.73. The van der Waals surface area contributed by atoms with Gasteiger partial charge in [-0.25, -0.2) is 0 Å². The van der Waals surface area contributed by atoms with Gasteiger partial charge in [0.2, 0.25) is 0 Å². The molecule has 0 aliphatic carbocycles. The van der Waals surface area contributed by atoms with E-state index in [-0.39, 0.29) is 0 Å². The summed E-state index contributed by atoms with van der Waals surface area (Å²) >= 11 is 0. The summed E-state index contributed by atoms with van der Waals surface area (Å²) in [5, 5.41) is 0. The molecule has 0 fully saturated rings. The van der Waals surface area contributed by atoms with Crippen molar-refractivity contribution in [2.24, 2.45) is 0 Å². The molecule has 0 radical (unpaired) electrons. The van der Waals surface area contributed by atoms with Crippen LogP contribution in [0.2, 0.25) is 0 Å². The van der Waals surface area contributed by atoms with Crippen LogP contribution in [0.4, 0.5) is 0 Å². The molecule has 2 nitrogen and oxygen atoms in total. The predicted octanol–water partition coefficient (Wildman–Crippen LogP) is 2.64. The van der Waals surface area contributed by atoms with Gasteiger partial charge in [0, 0.05) is 0 Å². The van der Waals surface area contributed by atoms with Crippen LogP contribution in [0.25, 0.3) is 0 Å². The number of hydrogen-bond acceptors (Lipinski definition) is 2. The lowest BCUT2D eigenvalue weighted by molar-refractivity contribution is 0.308. The fraction of sp³-hybridized carbons (Fsp3) is 0.400. The molecule has 2 heteroatoms. The first-order chi connectivity index (χ1) is 5.61. The minimum atomic E-state index is 0.649. The highest BCUT2D eigenvalue weighted by molar-refractivity contribution is 5.30. The van der Waals surface area contributed by atoms with E-state index < -0.39 is 0 Å². The predicted molar refractivity (Wildman–Crippen MR) is 50.7 cm³/mol. The summed E-state index contributed by atoms with van der Waals surface area (Å²) in [6, 6.07) is 0. The van der Waals surface area contributed by atoms with Crippen molar-refractivity contribution < 1.29 is 9.47 Å². The third kappa shape index (κ3) is 3.86. The van der Waals surface area contributed by atoms with Gasteiger partial charge in [-0.05, 0) is 31.1 Å². The topological polar surface area (TPSA) is 18.5 Å². The first-order valence-corrected chi connectivity index (χ1v) is 3.73. The Kier molecular flexibility index (Phi) is 4.93. The van der Waals surface area contributed by atoms with Crippen molar-refractivity contribution in [3.63, 3.8) is 0 Å². The van der Waals surface area contributed by atoms with Crippen molar-refractivity contribution in [2.75, 3.05) is 14.2 Å². The third-order valence-corrected chi connectivity index (χ3v) is 1.56. The highest BCUT2D eigenvalue weighted by Gasteiger charge is 1.93. The number of ether oxygens (including phenoxy) is 2. The van der Waals surface area contributed by atoms with Crippen molar-refractivity contribution in [1.82, 2.24) is 0 Å². The van der Waals surface area contributed by atoms with Crippen LogP contribution in [0.3, 0.4) is 0 Å². The summed E-state index contributed by atoms with van der Waals surface area (Å²) in [5.41, 5.74) is 2.15. The molecule has 0 rings (SSSR count). The molecule has 0 amide bonds. The highest BCUT2D eigenvalue weighted by atomic mass is 16.5. The number of rotatable bonds is 4. The average Bonchev–Trinajstić information content (AvgIpc) is 2.04. The van der Waals surface area contributed by atoms with Crippen LogP contribution in [0.5, 0.6) is 0 Å². The Morgan fingerprint density at radius 1 is 1.17 bits per heavy atom. The quantitative estimate of drug-likeness (QED) is 0.474. The molecule has 0 N–H and O–H groups in total. The van der Waals surface area contributed by atoms with Crippen molar-refractivity contribution in [2.45, 2.75) is 13.8 Å². The summed E-state index contributed by atoms with van der Waals surface area (Å²) < 4.78 is 9.78. The maximum Gasteiger partial charge on any atom is 0.111 e. The van der Waals surface area contributed by atoms with Crippen LogP contribution in [0.1, 0.15) is 13.8 Å². The van der Waals surface area contributed by atoms with Gasteiger partial charge < -0.3 is 9.47 Å². The Bertz CT molecular complexity index is 212. The summed E-state index contributed by atoms with van der Waals surface area (Å²) in [7, 11) is 3.23. The summed E-state index contributed by atoms with van der Waals surface area (Å²) in [5.74, 6) is 0.649. The van der Waals surface area contributed by atoms with Crippen LogP contribution in [-0.2, 0) is 9.47 Å². The van der Waals surface area contributed by atoms with Gasteiger partial charge in [0.15, 0.2) is 0 Å². The Balaban J connectivity index is 4.37. The van der Waals surface area contributed by atoms with E-state index in [1.165, 1.54) is 0 Å². The minimum absolute atomic E-state index is 0.649. The summed E-state index contributed by atoms with van der Waals surface area (Å²) in [4.78, 5) is 0. The number of allylic oxidation sites excluding steroid dienone is 3. The lowest BCUT2D eigenvalue weighted by Gasteiger charge is -2.02. The van der Waals surface area contributed by atoms with Gasteiger partial charge in [-0.3, -0.25) is 0 Å². The molecule has 0 aliphatic heterocycles. The lowest BCUT2D eigenvalue weighted by atomic mass is 10.1. The molecular formula is C10H16O2. The molecule has 0 heterocycles. The van der Waals surface area contributed by atoms with E-state index in [0.717, 1.165) is 11.1 Å². The molecule has 0 aromatic carbocycles. The molecule has 0 aliphatic rings. The molecule has 0 bridgehead atoms. The van der Waals surface area contributed by atoms with Gasteiger partial charge in [-0.1, -0.05) is 6.58 Å². The molecule has 0 atom stereocenters. The van der Waals surface area contributed by atoms with Gasteiger partial charge in [0.05, 0.1) is 20.5 Å². The van der Waals surface area contributed by atoms with Gasteiger partial charge in [0.25, 0.3) is 0 Å². The third-order valence-electron chi connectivity index (χ3n) is 1.56. The smallest absolute Gasteiger partial charge is 0.111 e. The van der Waals surface area contributed by atoms with Gasteiger partial charge in [-0.15, -0.1) is 0 Å². The number of hydrogen-bond donors (Lipinski definition) is 0. The number of methoxy groups -OCH3 is 2. The SMILES string of the molecule is C=C(/C=C(C)\C(C)=C/OC)OC. The zero-order valence-corrected chi connectivity index (χ0v) is 8.18. The Hall–Kier alpha value is -1.18. The minimum Gasteiger partial charge on any atom is -0.504 e. The summed E-state index contributed by atoms with van der Waals surface area (Å²) in [6.45, 7) is 7.64. The van der Waals surface area contributed by atoms with E-state index in [4.69, 9.17) is 9.47 Å². The Morgan fingerprint density at radius 2 is 1.75 bits per heavy atom. The first kappa shape index (κ1) is 10.8. The second kappa shape index (κ2) is 5.47. The van der Waals surface area contributed by atoms with E-state index in [9.17, 15) is 0 Å². The van der Waals surface area contributed by atoms with Crippen LogP contribution >= 0.6 is 0 Å². The standard InChI is InChI=1S/C10H16O2/c1-8(6-10(3)12-5)9(2)7-11-4/h6-7H,3H2,1-2,4-5H3/b8-6-,9-7-. The molecule has 0 aromatic rings. The van der Waals surface area contributed by atoms with Crippen LogP contribution in [0.15, 0.2) is 35.8 Å². The second-order valence-corrected chi connectivity index (χ2v) is 2.53. The second-order valence-electron chi connectivity index (χ2n) is 2.53. The zero-order chi connectivity index (χ0) is 9.56. The molecule has 0 unspecified atom stereocenters. The maximum atomic E-state index is 4.91. The summed E-state index contributed by atoms with van der Waals surface area (Å²) in [6.07, 6.45) is 3.56. The van der Waals surface area contributed by atoms with Crippen molar-refractivity contribution in [3.05, 3.63) is 35.8 Å². The molecule has 68 valence electrons. The zero-order valence-electron chi connectivity index (χ0n) is 8.18. The van der Waals surface area contributed by atoms with E-state index in [2.05, 4.69) is 6.58 Å². The Morgan fingerprint density at radius 3 is 2.17 bits per heavy atom. The normalized spacial score (nSPS) is 12.7. The highest BCUT2D eigenvalue weighted by Crippen LogP contribution is 2.10. The van der Waals surface area contributed by atoms with E-state index in [0.29, 0.717) is 5.76 Å². The molecule has 12 heavy (non-hydrogen) atoms. The molecule has 0 saturated heterocycles. The molecular weight excluding hydrogens is 152 g/mol. The van der Waals surface area contributed by atoms with E-state index in [1.54, 1.807) is 20.5 Å².